The van der Waals surface area contributed by atoms with Crippen LogP contribution >= 0.6 is 0 Å². The molecule has 1 aromatic carbocycles. The summed E-state index contributed by atoms with van der Waals surface area (Å²) in [5, 5.41) is 10.5. The van der Waals surface area contributed by atoms with Crippen LogP contribution in [0.25, 0.3) is 5.69 Å². The van der Waals surface area contributed by atoms with E-state index in [1.807, 2.05) is 39.0 Å². The predicted octanol–water partition coefficient (Wildman–Crippen LogP) is 3.14. The molecule has 3 aliphatic rings. The molecular formula is C36H51N7O7. The molecule has 1 aromatic heterocycles. The van der Waals surface area contributed by atoms with Gasteiger partial charge in [-0.05, 0) is 56.6 Å². The van der Waals surface area contributed by atoms with Gasteiger partial charge in [-0.2, -0.15) is 5.10 Å². The first kappa shape index (κ1) is 36.7. The van der Waals surface area contributed by atoms with E-state index >= 15 is 0 Å². The highest BCUT2D eigenvalue weighted by atomic mass is 16.6. The maximum Gasteiger partial charge on any atom is 0.409 e. The minimum Gasteiger partial charge on any atom is -0.467 e. The number of rotatable bonds is 14. The molecule has 3 fully saturated rings. The molecule has 0 radical (unpaired) electrons. The zero-order chi connectivity index (χ0) is 35.6. The first-order chi connectivity index (χ1) is 24.2. The quantitative estimate of drug-likeness (QED) is 0.286. The number of nitrogens with one attached hydrogen (secondary N) is 2. The van der Waals surface area contributed by atoms with Gasteiger partial charge in [0.05, 0.1) is 12.3 Å². The van der Waals surface area contributed by atoms with Crippen molar-refractivity contribution in [2.24, 2.45) is 5.92 Å². The van der Waals surface area contributed by atoms with Crippen molar-refractivity contribution in [3.8, 4) is 11.6 Å². The van der Waals surface area contributed by atoms with Crippen molar-refractivity contribution in [1.82, 2.24) is 35.1 Å². The van der Waals surface area contributed by atoms with Gasteiger partial charge in [-0.1, -0.05) is 51.8 Å². The average Bonchev–Trinajstić information content (AvgIpc) is 3.79. The second kappa shape index (κ2) is 17.3. The molecule has 0 unspecified atom stereocenters. The zero-order valence-corrected chi connectivity index (χ0v) is 29.5. The zero-order valence-electron chi connectivity index (χ0n) is 29.5. The van der Waals surface area contributed by atoms with Gasteiger partial charge in [-0.3, -0.25) is 19.2 Å². The van der Waals surface area contributed by atoms with Crippen molar-refractivity contribution < 1.29 is 33.4 Å². The summed E-state index contributed by atoms with van der Waals surface area (Å²) < 4.78 is 12.8. The Morgan fingerprint density at radius 1 is 0.940 bits per heavy atom. The topological polar surface area (TPSA) is 155 Å². The highest BCUT2D eigenvalue weighted by Crippen LogP contribution is 2.24. The molecule has 14 nitrogen and oxygen atoms in total. The first-order valence-corrected chi connectivity index (χ1v) is 18.1. The highest BCUT2D eigenvalue weighted by molar-refractivity contribution is 5.96. The van der Waals surface area contributed by atoms with E-state index in [9.17, 15) is 24.0 Å². The summed E-state index contributed by atoms with van der Waals surface area (Å²) in [7, 11) is 0. The van der Waals surface area contributed by atoms with E-state index in [4.69, 9.17) is 9.47 Å². The molecule has 5 rings (SSSR count). The molecule has 50 heavy (non-hydrogen) atoms. The fourth-order valence-corrected chi connectivity index (χ4v) is 6.34. The molecular weight excluding hydrogens is 642 g/mol. The number of amides is 5. The molecule has 5 amide bonds. The van der Waals surface area contributed by atoms with Crippen LogP contribution < -0.4 is 15.4 Å². The third-order valence-corrected chi connectivity index (χ3v) is 9.92. The number of piperazine rings is 1. The van der Waals surface area contributed by atoms with Crippen LogP contribution in [0.5, 0.6) is 5.88 Å². The Morgan fingerprint density at radius 2 is 1.66 bits per heavy atom. The van der Waals surface area contributed by atoms with E-state index in [1.165, 1.54) is 10.7 Å². The second-order valence-corrected chi connectivity index (χ2v) is 13.4. The SMILES string of the molecule is CCCCOC(=O)N1CCN(C(=O)[C@@H](NC(=O)c2cc(OCC(=O)N3CCC[C@H]3C(=O)NC3CCC3)n(-c3ccccc3)n2)[C@H](C)CC)CC1. The van der Waals surface area contributed by atoms with Crippen molar-refractivity contribution >= 4 is 29.7 Å². The van der Waals surface area contributed by atoms with E-state index in [1.54, 1.807) is 26.8 Å². The molecule has 3 atom stereocenters. The molecule has 2 aliphatic heterocycles. The molecule has 1 saturated carbocycles. The fourth-order valence-electron chi connectivity index (χ4n) is 6.34. The van der Waals surface area contributed by atoms with Crippen LogP contribution in [0.15, 0.2) is 36.4 Å². The average molecular weight is 694 g/mol. The van der Waals surface area contributed by atoms with Crippen LogP contribution in [0.3, 0.4) is 0 Å². The van der Waals surface area contributed by atoms with E-state index in [2.05, 4.69) is 15.7 Å². The van der Waals surface area contributed by atoms with Gasteiger partial charge in [0.25, 0.3) is 11.8 Å². The summed E-state index contributed by atoms with van der Waals surface area (Å²) in [6, 6.07) is 9.41. The van der Waals surface area contributed by atoms with E-state index in [0.717, 1.165) is 38.5 Å². The maximum absolute atomic E-state index is 13.8. The van der Waals surface area contributed by atoms with Crippen molar-refractivity contribution in [3.05, 3.63) is 42.1 Å². The fraction of sp³-hybridized carbons (Fsp3) is 0.611. The number of para-hydroxylation sites is 1. The standard InChI is InChI=1S/C36H51N7O7/c1-4-6-22-49-36(48)41-20-18-40(19-21-41)35(47)32(25(3)5-2)38-33(45)28-23-31(43(39-28)27-14-8-7-9-15-27)50-24-30(44)42-17-11-16-29(42)34(46)37-26-12-10-13-26/h7-9,14-15,23,25-26,29,32H,4-6,10-13,16-22,24H2,1-3H3,(H,37,46)(H,38,45)/t25-,29+,32+/m1/s1. The van der Waals surface area contributed by atoms with E-state index in [-0.39, 0.29) is 54.0 Å². The van der Waals surface area contributed by atoms with Gasteiger partial charge in [0.1, 0.15) is 12.1 Å². The number of ether oxygens (including phenoxy) is 2. The first-order valence-electron chi connectivity index (χ1n) is 18.1. The summed E-state index contributed by atoms with van der Waals surface area (Å²) in [6.45, 7) is 7.76. The minimum absolute atomic E-state index is 0.0241. The minimum atomic E-state index is -0.818. The Bertz CT molecular complexity index is 1490. The Labute approximate surface area is 293 Å². The summed E-state index contributed by atoms with van der Waals surface area (Å²) in [5.74, 6) is -1.22. The summed E-state index contributed by atoms with van der Waals surface area (Å²) in [5.41, 5.74) is 0.643. The van der Waals surface area contributed by atoms with Gasteiger partial charge < -0.3 is 34.8 Å². The number of carbonyl (C=O) groups is 5. The number of unbranched alkanes of at least 4 members (excludes halogenated alkanes) is 1. The van der Waals surface area contributed by atoms with Gasteiger partial charge >= 0.3 is 6.09 Å². The molecule has 272 valence electrons. The number of hydrogen-bond acceptors (Lipinski definition) is 8. The smallest absolute Gasteiger partial charge is 0.409 e. The van der Waals surface area contributed by atoms with Gasteiger partial charge in [-0.15, -0.1) is 0 Å². The number of carbonyl (C=O) groups excluding carboxylic acids is 5. The Kier molecular flexibility index (Phi) is 12.7. The van der Waals surface area contributed by atoms with Crippen LogP contribution in [-0.4, -0.2) is 118 Å². The molecule has 2 saturated heterocycles. The van der Waals surface area contributed by atoms with E-state index < -0.39 is 18.0 Å². The largest absolute Gasteiger partial charge is 0.467 e. The normalized spacial score (nSPS) is 18.9. The van der Waals surface area contributed by atoms with Gasteiger partial charge in [0.2, 0.25) is 17.7 Å². The number of nitrogens with zero attached hydrogens (tertiary/aromatic N) is 5. The third-order valence-electron chi connectivity index (χ3n) is 9.92. The molecule has 1 aliphatic carbocycles. The monoisotopic (exact) mass is 693 g/mol. The van der Waals surface area contributed by atoms with Crippen molar-refractivity contribution in [2.45, 2.75) is 90.3 Å². The second-order valence-electron chi connectivity index (χ2n) is 13.4. The van der Waals surface area contributed by atoms with Gasteiger partial charge in [-0.25, -0.2) is 9.48 Å². The lowest BCUT2D eigenvalue weighted by atomic mass is 9.93. The lowest BCUT2D eigenvalue weighted by Gasteiger charge is -2.37. The molecule has 3 heterocycles. The number of aromatic nitrogens is 2. The van der Waals surface area contributed by atoms with Crippen molar-refractivity contribution in [2.75, 3.05) is 45.9 Å². The van der Waals surface area contributed by atoms with Crippen LogP contribution in [0.2, 0.25) is 0 Å². The summed E-state index contributed by atoms with van der Waals surface area (Å²) >= 11 is 0. The maximum atomic E-state index is 13.8. The van der Waals surface area contributed by atoms with Gasteiger partial charge in [0.15, 0.2) is 12.3 Å². The lowest BCUT2D eigenvalue weighted by molar-refractivity contribution is -0.140. The Hall–Kier alpha value is -4.62. The summed E-state index contributed by atoms with van der Waals surface area (Å²) in [6.07, 6.45) is 6.38. The molecule has 2 N–H and O–H groups in total. The third kappa shape index (κ3) is 8.94. The molecule has 2 aromatic rings. The summed E-state index contributed by atoms with van der Waals surface area (Å²) in [4.78, 5) is 70.9. The van der Waals surface area contributed by atoms with Crippen molar-refractivity contribution in [3.63, 3.8) is 0 Å². The van der Waals surface area contributed by atoms with Gasteiger partial charge in [0, 0.05) is 44.8 Å². The van der Waals surface area contributed by atoms with Crippen molar-refractivity contribution in [1.29, 1.82) is 0 Å². The van der Waals surface area contributed by atoms with E-state index in [0.29, 0.717) is 57.9 Å². The number of likely N-dealkylation sites (tertiary alicyclic amines) is 1. The molecule has 0 bridgehead atoms. The Morgan fingerprint density at radius 3 is 2.32 bits per heavy atom. The number of benzene rings is 1. The highest BCUT2D eigenvalue weighted by Gasteiger charge is 2.37. The van der Waals surface area contributed by atoms with Crippen LogP contribution in [0.1, 0.15) is 82.6 Å². The van der Waals surface area contributed by atoms with Crippen LogP contribution in [0.4, 0.5) is 4.79 Å². The lowest BCUT2D eigenvalue weighted by Crippen LogP contribution is -2.57. The Balaban J connectivity index is 1.25. The molecule has 0 spiro atoms. The molecule has 14 heteroatoms. The predicted molar refractivity (Wildman–Crippen MR) is 185 cm³/mol. The van der Waals surface area contributed by atoms with Crippen LogP contribution in [0, 0.1) is 5.92 Å². The van der Waals surface area contributed by atoms with Crippen LogP contribution in [-0.2, 0) is 19.1 Å². The number of hydrogen-bond donors (Lipinski definition) is 2.